The van der Waals surface area contributed by atoms with Crippen LogP contribution in [0.3, 0.4) is 0 Å². The van der Waals surface area contributed by atoms with E-state index in [0.717, 1.165) is 41.9 Å². The van der Waals surface area contributed by atoms with Crippen LogP contribution in [0, 0.1) is 6.92 Å². The standard InChI is InChI=1S/C17H19BrN4O/c1-12-14(3-2-4-15(12)18)17(23)21-16-6-5-13(11-20-16)22-9-7-19-8-10-22/h2-6,11,19H,7-10H2,1H3,(H,20,21,23). The van der Waals surface area contributed by atoms with Crippen molar-refractivity contribution in [1.29, 1.82) is 0 Å². The molecule has 5 nitrogen and oxygen atoms in total. The Bertz CT molecular complexity index is 696. The molecule has 0 bridgehead atoms. The highest BCUT2D eigenvalue weighted by atomic mass is 79.9. The van der Waals surface area contributed by atoms with Crippen LogP contribution in [-0.2, 0) is 0 Å². The molecule has 2 heterocycles. The molecule has 23 heavy (non-hydrogen) atoms. The van der Waals surface area contributed by atoms with E-state index in [9.17, 15) is 4.79 Å². The fourth-order valence-electron chi connectivity index (χ4n) is 2.61. The van der Waals surface area contributed by atoms with Gasteiger partial charge in [-0.15, -0.1) is 0 Å². The van der Waals surface area contributed by atoms with E-state index < -0.39 is 0 Å². The van der Waals surface area contributed by atoms with Gasteiger partial charge < -0.3 is 15.5 Å². The third-order valence-electron chi connectivity index (χ3n) is 3.98. The number of hydrogen-bond donors (Lipinski definition) is 2. The number of benzene rings is 1. The van der Waals surface area contributed by atoms with Gasteiger partial charge in [0.25, 0.3) is 5.91 Å². The monoisotopic (exact) mass is 374 g/mol. The second-order valence-electron chi connectivity index (χ2n) is 5.51. The van der Waals surface area contributed by atoms with Gasteiger partial charge in [-0.1, -0.05) is 22.0 Å². The molecule has 0 radical (unpaired) electrons. The van der Waals surface area contributed by atoms with Crippen LogP contribution < -0.4 is 15.5 Å². The molecule has 1 aromatic carbocycles. The molecule has 1 fully saturated rings. The third-order valence-corrected chi connectivity index (χ3v) is 4.84. The minimum Gasteiger partial charge on any atom is -0.368 e. The predicted molar refractivity (Wildman–Crippen MR) is 96.2 cm³/mol. The lowest BCUT2D eigenvalue weighted by Crippen LogP contribution is -2.43. The molecule has 6 heteroatoms. The van der Waals surface area contributed by atoms with Gasteiger partial charge in [-0.05, 0) is 36.8 Å². The number of carbonyl (C=O) groups is 1. The third kappa shape index (κ3) is 3.71. The summed E-state index contributed by atoms with van der Waals surface area (Å²) in [6.45, 7) is 5.84. The number of rotatable bonds is 3. The summed E-state index contributed by atoms with van der Waals surface area (Å²) >= 11 is 3.45. The number of amides is 1. The van der Waals surface area contributed by atoms with Crippen molar-refractivity contribution in [3.63, 3.8) is 0 Å². The minimum atomic E-state index is -0.147. The second kappa shape index (κ2) is 7.10. The van der Waals surface area contributed by atoms with E-state index in [2.05, 4.69) is 36.4 Å². The molecular formula is C17H19BrN4O. The van der Waals surface area contributed by atoms with Crippen molar-refractivity contribution in [1.82, 2.24) is 10.3 Å². The molecular weight excluding hydrogens is 356 g/mol. The van der Waals surface area contributed by atoms with Crippen LogP contribution in [0.2, 0.25) is 0 Å². The molecule has 0 atom stereocenters. The average molecular weight is 375 g/mol. The summed E-state index contributed by atoms with van der Waals surface area (Å²) in [7, 11) is 0. The zero-order valence-electron chi connectivity index (χ0n) is 13.0. The van der Waals surface area contributed by atoms with Crippen molar-refractivity contribution in [3.8, 4) is 0 Å². The highest BCUT2D eigenvalue weighted by Crippen LogP contribution is 2.21. The van der Waals surface area contributed by atoms with Gasteiger partial charge in [0.15, 0.2) is 0 Å². The Morgan fingerprint density at radius 2 is 2.04 bits per heavy atom. The maximum absolute atomic E-state index is 12.4. The molecule has 0 spiro atoms. The molecule has 0 aliphatic carbocycles. The Kier molecular flexibility index (Phi) is 4.93. The van der Waals surface area contributed by atoms with Gasteiger partial charge in [-0.3, -0.25) is 4.79 Å². The summed E-state index contributed by atoms with van der Waals surface area (Å²) in [5.41, 5.74) is 2.65. The van der Waals surface area contributed by atoms with Crippen LogP contribution in [0.5, 0.6) is 0 Å². The number of hydrogen-bond acceptors (Lipinski definition) is 4. The number of nitrogens with one attached hydrogen (secondary N) is 2. The van der Waals surface area contributed by atoms with Crippen molar-refractivity contribution >= 4 is 33.3 Å². The van der Waals surface area contributed by atoms with Gasteiger partial charge in [0.05, 0.1) is 11.9 Å². The number of carbonyl (C=O) groups excluding carboxylic acids is 1. The lowest BCUT2D eigenvalue weighted by molar-refractivity contribution is 0.102. The molecule has 1 saturated heterocycles. The molecule has 1 aliphatic rings. The van der Waals surface area contributed by atoms with E-state index in [1.165, 1.54) is 0 Å². The summed E-state index contributed by atoms with van der Waals surface area (Å²) in [5, 5.41) is 6.18. The first-order valence-corrected chi connectivity index (χ1v) is 8.42. The summed E-state index contributed by atoms with van der Waals surface area (Å²) in [6, 6.07) is 9.44. The van der Waals surface area contributed by atoms with E-state index in [1.807, 2.05) is 43.5 Å². The van der Waals surface area contributed by atoms with Crippen molar-refractivity contribution < 1.29 is 4.79 Å². The van der Waals surface area contributed by atoms with Crippen LogP contribution in [0.1, 0.15) is 15.9 Å². The number of piperazine rings is 1. The van der Waals surface area contributed by atoms with Gasteiger partial charge in [0.1, 0.15) is 5.82 Å². The van der Waals surface area contributed by atoms with Gasteiger partial charge in [0, 0.05) is 36.2 Å². The van der Waals surface area contributed by atoms with Gasteiger partial charge in [-0.25, -0.2) is 4.98 Å². The molecule has 3 rings (SSSR count). The van der Waals surface area contributed by atoms with Crippen molar-refractivity contribution in [2.75, 3.05) is 36.4 Å². The van der Waals surface area contributed by atoms with Crippen LogP contribution in [-0.4, -0.2) is 37.1 Å². The smallest absolute Gasteiger partial charge is 0.257 e. The first-order valence-electron chi connectivity index (χ1n) is 7.63. The van der Waals surface area contributed by atoms with E-state index >= 15 is 0 Å². The Morgan fingerprint density at radius 1 is 1.26 bits per heavy atom. The van der Waals surface area contributed by atoms with E-state index in [1.54, 1.807) is 0 Å². The fraction of sp³-hybridized carbons (Fsp3) is 0.294. The molecule has 2 N–H and O–H groups in total. The number of halogens is 1. The summed E-state index contributed by atoms with van der Waals surface area (Å²) in [4.78, 5) is 19.0. The molecule has 120 valence electrons. The maximum atomic E-state index is 12.4. The van der Waals surface area contributed by atoms with E-state index in [-0.39, 0.29) is 5.91 Å². The quantitative estimate of drug-likeness (QED) is 0.866. The number of anilines is 2. The van der Waals surface area contributed by atoms with Gasteiger partial charge in [0.2, 0.25) is 0 Å². The highest BCUT2D eigenvalue weighted by Gasteiger charge is 2.13. The first kappa shape index (κ1) is 16.0. The zero-order chi connectivity index (χ0) is 16.2. The van der Waals surface area contributed by atoms with Crippen molar-refractivity contribution in [2.24, 2.45) is 0 Å². The van der Waals surface area contributed by atoms with Crippen LogP contribution in [0.15, 0.2) is 41.0 Å². The van der Waals surface area contributed by atoms with Crippen molar-refractivity contribution in [2.45, 2.75) is 6.92 Å². The SMILES string of the molecule is Cc1c(Br)cccc1C(=O)Nc1ccc(N2CCNCC2)cn1. The summed E-state index contributed by atoms with van der Waals surface area (Å²) in [5.74, 6) is 0.416. The number of aromatic nitrogens is 1. The van der Waals surface area contributed by atoms with Crippen LogP contribution >= 0.6 is 15.9 Å². The first-order chi connectivity index (χ1) is 11.1. The minimum absolute atomic E-state index is 0.147. The predicted octanol–water partition coefficient (Wildman–Crippen LogP) is 2.81. The molecule has 0 unspecified atom stereocenters. The van der Waals surface area contributed by atoms with E-state index in [0.29, 0.717) is 11.4 Å². The molecule has 2 aromatic rings. The Labute approximate surface area is 144 Å². The van der Waals surface area contributed by atoms with E-state index in [4.69, 9.17) is 0 Å². The Morgan fingerprint density at radius 3 is 2.74 bits per heavy atom. The summed E-state index contributed by atoms with van der Waals surface area (Å²) in [6.07, 6.45) is 1.81. The maximum Gasteiger partial charge on any atom is 0.257 e. The largest absolute Gasteiger partial charge is 0.368 e. The normalized spacial score (nSPS) is 14.6. The molecule has 1 amide bonds. The highest BCUT2D eigenvalue weighted by molar-refractivity contribution is 9.10. The fourth-order valence-corrected chi connectivity index (χ4v) is 2.97. The molecule has 1 aliphatic heterocycles. The number of pyridine rings is 1. The Hall–Kier alpha value is -1.92. The van der Waals surface area contributed by atoms with Crippen LogP contribution in [0.4, 0.5) is 11.5 Å². The van der Waals surface area contributed by atoms with Gasteiger partial charge >= 0.3 is 0 Å². The van der Waals surface area contributed by atoms with Crippen LogP contribution in [0.25, 0.3) is 0 Å². The topological polar surface area (TPSA) is 57.3 Å². The number of nitrogens with zero attached hydrogens (tertiary/aromatic N) is 2. The van der Waals surface area contributed by atoms with Gasteiger partial charge in [-0.2, -0.15) is 0 Å². The lowest BCUT2D eigenvalue weighted by Gasteiger charge is -2.29. The second-order valence-corrected chi connectivity index (χ2v) is 6.36. The zero-order valence-corrected chi connectivity index (χ0v) is 14.6. The molecule has 1 aromatic heterocycles. The van der Waals surface area contributed by atoms with Crippen molar-refractivity contribution in [3.05, 3.63) is 52.1 Å². The summed E-state index contributed by atoms with van der Waals surface area (Å²) < 4.78 is 0.923. The average Bonchev–Trinajstić information content (AvgIpc) is 2.59. The molecule has 0 saturated carbocycles. The Balaban J connectivity index is 1.70. The lowest BCUT2D eigenvalue weighted by atomic mass is 10.1.